The molecule has 4 fully saturated rings. The van der Waals surface area contributed by atoms with Gasteiger partial charge in [-0.2, -0.15) is 8.42 Å². The Morgan fingerprint density at radius 3 is 2.18 bits per heavy atom. The minimum atomic E-state index is -4.79. The normalized spacial score (nSPS) is 50.6. The average molecular weight is 565 g/mol. The molecule has 0 amide bonds. The van der Waals surface area contributed by atoms with Crippen molar-refractivity contribution in [2.24, 2.45) is 46.3 Å². The molecule has 0 aromatic carbocycles. The maximum absolute atomic E-state index is 12.4. The Hall–Kier alpha value is -0.370. The molecule has 0 spiro atoms. The number of aliphatic hydroxyl groups is 6. The van der Waals surface area contributed by atoms with Gasteiger partial charge in [-0.3, -0.25) is 4.55 Å². The van der Waals surface area contributed by atoms with E-state index in [4.69, 9.17) is 8.74 Å². The van der Waals surface area contributed by atoms with Crippen molar-refractivity contribution in [2.45, 2.75) is 115 Å². The Labute approximate surface area is 226 Å². The van der Waals surface area contributed by atoms with E-state index >= 15 is 0 Å². The van der Waals surface area contributed by atoms with Gasteiger partial charge in [-0.1, -0.05) is 40.5 Å². The Balaban J connectivity index is 1.61. The first-order chi connectivity index (χ1) is 17.5. The van der Waals surface area contributed by atoms with Crippen molar-refractivity contribution in [1.82, 2.24) is 0 Å². The van der Waals surface area contributed by atoms with Gasteiger partial charge in [0.2, 0.25) is 0 Å². The van der Waals surface area contributed by atoms with Gasteiger partial charge in [0.25, 0.3) is 0 Å². The second-order valence-electron chi connectivity index (χ2n) is 13.7. The van der Waals surface area contributed by atoms with Crippen molar-refractivity contribution in [1.29, 1.82) is 0 Å². The maximum atomic E-state index is 12.4. The van der Waals surface area contributed by atoms with Crippen LogP contribution in [0.3, 0.4) is 0 Å². The van der Waals surface area contributed by atoms with Gasteiger partial charge in [-0.15, -0.1) is 0 Å². The van der Waals surface area contributed by atoms with E-state index in [9.17, 15) is 39.1 Å². The van der Waals surface area contributed by atoms with E-state index < -0.39 is 75.1 Å². The largest absolute Gasteiger partial charge is 0.397 e. The molecule has 0 radical (unpaired) electrons. The number of rotatable bonds is 8. The summed E-state index contributed by atoms with van der Waals surface area (Å²) in [6, 6.07) is 0. The summed E-state index contributed by atoms with van der Waals surface area (Å²) in [5.41, 5.74) is -2.84. The fourth-order valence-corrected chi connectivity index (χ4v) is 10.5. The molecule has 10 nitrogen and oxygen atoms in total. The number of fused-ring (bicyclic) bond motifs is 5. The first-order valence-corrected chi connectivity index (χ1v) is 15.6. The number of hydrogen-bond donors (Lipinski definition) is 7. The zero-order valence-corrected chi connectivity index (χ0v) is 23.8. The van der Waals surface area contributed by atoms with E-state index in [1.165, 1.54) is 0 Å². The Kier molecular flexibility index (Phi) is 8.43. The molecular formula is C27H48O10S. The van der Waals surface area contributed by atoms with Crippen molar-refractivity contribution in [3.05, 3.63) is 0 Å². The lowest BCUT2D eigenvalue weighted by Crippen LogP contribution is -2.71. The third kappa shape index (κ3) is 4.87. The Morgan fingerprint density at radius 2 is 1.58 bits per heavy atom. The summed E-state index contributed by atoms with van der Waals surface area (Å²) in [5.74, 6) is -1.83. The van der Waals surface area contributed by atoms with Gasteiger partial charge in [0, 0.05) is 24.9 Å². The molecule has 0 bridgehead atoms. The summed E-state index contributed by atoms with van der Waals surface area (Å²) in [4.78, 5) is 0. The second kappa shape index (κ2) is 10.5. The molecule has 4 saturated carbocycles. The molecule has 4 aliphatic rings. The van der Waals surface area contributed by atoms with Crippen molar-refractivity contribution >= 4 is 10.4 Å². The summed E-state index contributed by atoms with van der Waals surface area (Å²) in [5, 5.41) is 66.9. The van der Waals surface area contributed by atoms with Crippen LogP contribution >= 0.6 is 0 Å². The van der Waals surface area contributed by atoms with Crippen LogP contribution in [0.4, 0.5) is 0 Å². The van der Waals surface area contributed by atoms with Gasteiger partial charge in [-0.25, -0.2) is 4.18 Å². The lowest BCUT2D eigenvalue weighted by atomic mass is 9.41. The first kappa shape index (κ1) is 30.6. The topological polar surface area (TPSA) is 185 Å². The number of hydrogen-bond acceptors (Lipinski definition) is 9. The monoisotopic (exact) mass is 564 g/mol. The van der Waals surface area contributed by atoms with Crippen LogP contribution in [0, 0.1) is 46.3 Å². The highest BCUT2D eigenvalue weighted by Gasteiger charge is 2.73. The fraction of sp³-hybridized carbons (Fsp3) is 1.00. The zero-order chi connectivity index (χ0) is 28.4. The van der Waals surface area contributed by atoms with E-state index in [-0.39, 0.29) is 37.2 Å². The minimum absolute atomic E-state index is 0.0763. The van der Waals surface area contributed by atoms with E-state index in [1.54, 1.807) is 0 Å². The van der Waals surface area contributed by atoms with Crippen LogP contribution in [0.25, 0.3) is 0 Å². The Bertz CT molecular complexity index is 962. The SMILES string of the molecule is C[C@H](CO)CCC[C@@H](C)[C@H]1[C@@H](O)[C@@H](O)C2[C@]3(O)C[C@H](O)[C@H]4[C@@H](O)[C@@H](OS(=O)(=O)O)CC[C@]4(C)C3CC[C@@]21C. The molecule has 0 aliphatic heterocycles. The second-order valence-corrected chi connectivity index (χ2v) is 14.7. The van der Waals surface area contributed by atoms with Gasteiger partial charge >= 0.3 is 10.4 Å². The molecular weight excluding hydrogens is 516 g/mol. The van der Waals surface area contributed by atoms with Crippen molar-refractivity contribution < 1.29 is 47.8 Å². The van der Waals surface area contributed by atoms with Crippen LogP contribution in [0.5, 0.6) is 0 Å². The Morgan fingerprint density at radius 1 is 0.947 bits per heavy atom. The van der Waals surface area contributed by atoms with Crippen LogP contribution in [0.2, 0.25) is 0 Å². The molecule has 38 heavy (non-hydrogen) atoms. The van der Waals surface area contributed by atoms with E-state index in [0.717, 1.165) is 19.3 Å². The van der Waals surface area contributed by atoms with Crippen molar-refractivity contribution in [2.75, 3.05) is 6.61 Å². The molecule has 2 unspecified atom stereocenters. The van der Waals surface area contributed by atoms with Gasteiger partial charge in [0.05, 0.1) is 30.0 Å². The fourth-order valence-electron chi connectivity index (χ4n) is 9.93. The lowest BCUT2D eigenvalue weighted by Gasteiger charge is -2.66. The minimum Gasteiger partial charge on any atom is -0.396 e. The molecule has 0 heterocycles. The molecule has 222 valence electrons. The lowest BCUT2D eigenvalue weighted by molar-refractivity contribution is -0.279. The number of aliphatic hydroxyl groups excluding tert-OH is 5. The third-order valence-electron chi connectivity index (χ3n) is 11.4. The highest BCUT2D eigenvalue weighted by Crippen LogP contribution is 2.70. The van der Waals surface area contributed by atoms with E-state index in [2.05, 4.69) is 6.92 Å². The van der Waals surface area contributed by atoms with Gasteiger partial charge in [0.15, 0.2) is 0 Å². The van der Waals surface area contributed by atoms with Crippen LogP contribution in [-0.4, -0.2) is 86.3 Å². The average Bonchev–Trinajstić information content (AvgIpc) is 3.00. The molecule has 11 heteroatoms. The van der Waals surface area contributed by atoms with Gasteiger partial charge < -0.3 is 30.6 Å². The summed E-state index contributed by atoms with van der Waals surface area (Å²) < 4.78 is 36.5. The summed E-state index contributed by atoms with van der Waals surface area (Å²) in [6.45, 7) is 8.13. The smallest absolute Gasteiger partial charge is 0.396 e. The van der Waals surface area contributed by atoms with Gasteiger partial charge in [-0.05, 0) is 66.6 Å². The summed E-state index contributed by atoms with van der Waals surface area (Å²) in [7, 11) is -4.79. The zero-order valence-electron chi connectivity index (χ0n) is 23.0. The third-order valence-corrected chi connectivity index (χ3v) is 11.9. The molecule has 0 saturated heterocycles. The predicted octanol–water partition coefficient (Wildman–Crippen LogP) is 1.27. The standard InChI is InChI=1S/C27H48O10S/c1-14(13-28)6-5-7-15(2)19-22(31)23(32)24-26(19,4)11-9-18-25(3)10-8-17(37-38(34,35)36)21(30)20(25)16(29)12-27(18,24)33/h14-24,28-33H,5-13H2,1-4H3,(H,34,35,36)/t14-,15+,16-,17-,18?,19-,20-,21-,22+,23+,24?,25+,26+,27-/m0/s1. The van der Waals surface area contributed by atoms with Crippen LogP contribution in [-0.2, 0) is 14.6 Å². The predicted molar refractivity (Wildman–Crippen MR) is 138 cm³/mol. The first-order valence-electron chi connectivity index (χ1n) is 14.2. The maximum Gasteiger partial charge on any atom is 0.397 e. The molecule has 0 aromatic heterocycles. The molecule has 4 aliphatic carbocycles. The van der Waals surface area contributed by atoms with Crippen LogP contribution in [0.1, 0.15) is 79.1 Å². The highest BCUT2D eigenvalue weighted by molar-refractivity contribution is 7.80. The van der Waals surface area contributed by atoms with Gasteiger partial charge in [0.1, 0.15) is 6.10 Å². The van der Waals surface area contributed by atoms with Crippen LogP contribution in [0.15, 0.2) is 0 Å². The molecule has 4 rings (SSSR count). The van der Waals surface area contributed by atoms with Crippen molar-refractivity contribution in [3.8, 4) is 0 Å². The molecule has 0 aromatic rings. The van der Waals surface area contributed by atoms with Crippen LogP contribution < -0.4 is 0 Å². The van der Waals surface area contributed by atoms with Crippen molar-refractivity contribution in [3.63, 3.8) is 0 Å². The quantitative estimate of drug-likeness (QED) is 0.212. The molecule has 14 atom stereocenters. The summed E-state index contributed by atoms with van der Waals surface area (Å²) >= 11 is 0. The summed E-state index contributed by atoms with van der Waals surface area (Å²) in [6.07, 6.45) is -1.80. The highest BCUT2D eigenvalue weighted by atomic mass is 32.3. The molecule has 7 N–H and O–H groups in total. The van der Waals surface area contributed by atoms with E-state index in [1.807, 2.05) is 20.8 Å². The van der Waals surface area contributed by atoms with E-state index in [0.29, 0.717) is 19.3 Å².